The van der Waals surface area contributed by atoms with E-state index in [4.69, 9.17) is 16.0 Å². The van der Waals surface area contributed by atoms with Crippen LogP contribution in [0.5, 0.6) is 0 Å². The summed E-state index contributed by atoms with van der Waals surface area (Å²) in [5.74, 6) is 2.80. The van der Waals surface area contributed by atoms with Crippen LogP contribution in [0.1, 0.15) is 11.4 Å². The number of nitrogens with one attached hydrogen (secondary N) is 2. The van der Waals surface area contributed by atoms with E-state index in [1.54, 1.807) is 13.3 Å². The summed E-state index contributed by atoms with van der Waals surface area (Å²) in [4.78, 5) is 13.6. The van der Waals surface area contributed by atoms with Crippen LogP contribution in [-0.4, -0.2) is 64.2 Å². The van der Waals surface area contributed by atoms with Crippen LogP contribution in [-0.2, 0) is 13.1 Å². The monoisotopic (exact) mass is 541 g/mol. The van der Waals surface area contributed by atoms with Gasteiger partial charge in [-0.15, -0.1) is 29.1 Å². The predicted molar refractivity (Wildman–Crippen MR) is 128 cm³/mol. The summed E-state index contributed by atoms with van der Waals surface area (Å²) in [7, 11) is 1.80. The summed E-state index contributed by atoms with van der Waals surface area (Å²) < 4.78 is 5.32. The molecule has 0 atom stereocenters. The fraction of sp³-hybridized carbons (Fsp3) is 0.350. The Bertz CT molecular complexity index is 934. The minimum absolute atomic E-state index is 0. The van der Waals surface area contributed by atoms with Crippen LogP contribution in [0.3, 0.4) is 0 Å². The Morgan fingerprint density at radius 2 is 1.97 bits per heavy atom. The van der Waals surface area contributed by atoms with Gasteiger partial charge in [-0.3, -0.25) is 15.0 Å². The van der Waals surface area contributed by atoms with E-state index in [0.717, 1.165) is 49.5 Å². The van der Waals surface area contributed by atoms with Gasteiger partial charge in [0, 0.05) is 44.8 Å². The molecule has 3 heterocycles. The number of piperazine rings is 1. The van der Waals surface area contributed by atoms with Crippen molar-refractivity contribution in [2.24, 2.45) is 4.99 Å². The highest BCUT2D eigenvalue weighted by Gasteiger charge is 2.20. The van der Waals surface area contributed by atoms with Crippen LogP contribution in [0, 0.1) is 0 Å². The van der Waals surface area contributed by atoms with Crippen LogP contribution in [0.25, 0.3) is 11.6 Å². The second-order valence-electron chi connectivity index (χ2n) is 6.87. The number of rotatable bonds is 5. The van der Waals surface area contributed by atoms with Crippen molar-refractivity contribution in [2.45, 2.75) is 13.1 Å². The van der Waals surface area contributed by atoms with Gasteiger partial charge in [-0.1, -0.05) is 23.7 Å². The van der Waals surface area contributed by atoms with E-state index < -0.39 is 0 Å². The fourth-order valence-electron chi connectivity index (χ4n) is 3.35. The third-order valence-electron chi connectivity index (χ3n) is 4.89. The normalized spacial score (nSPS) is 15.1. The second kappa shape index (κ2) is 10.8. The number of guanidine groups is 1. The first-order valence-electron chi connectivity index (χ1n) is 9.59. The lowest BCUT2D eigenvalue weighted by molar-refractivity contribution is 0.172. The van der Waals surface area contributed by atoms with E-state index in [9.17, 15) is 0 Å². The number of benzene rings is 1. The quantitative estimate of drug-likeness (QED) is 0.293. The van der Waals surface area contributed by atoms with Crippen molar-refractivity contribution in [1.82, 2.24) is 30.3 Å². The first kappa shape index (κ1) is 22.6. The minimum Gasteiger partial charge on any atom is -0.461 e. The van der Waals surface area contributed by atoms with E-state index in [1.807, 2.05) is 24.3 Å². The van der Waals surface area contributed by atoms with Gasteiger partial charge < -0.3 is 14.6 Å². The van der Waals surface area contributed by atoms with Gasteiger partial charge in [0.15, 0.2) is 11.7 Å². The van der Waals surface area contributed by atoms with E-state index in [2.05, 4.69) is 47.4 Å². The van der Waals surface area contributed by atoms with Gasteiger partial charge >= 0.3 is 0 Å². The van der Waals surface area contributed by atoms with E-state index in [0.29, 0.717) is 18.1 Å². The number of halogens is 2. The molecule has 1 saturated heterocycles. The topological polar surface area (TPSA) is 85.6 Å². The zero-order valence-electron chi connectivity index (χ0n) is 16.7. The molecule has 0 aliphatic carbocycles. The summed E-state index contributed by atoms with van der Waals surface area (Å²) >= 11 is 5.97. The summed E-state index contributed by atoms with van der Waals surface area (Å²) in [6, 6.07) is 11.7. The van der Waals surface area contributed by atoms with Gasteiger partial charge in [-0.2, -0.15) is 0 Å². The largest absolute Gasteiger partial charge is 0.461 e. The number of hydrogen-bond donors (Lipinski definition) is 2. The molecule has 1 aliphatic rings. The van der Waals surface area contributed by atoms with Crippen molar-refractivity contribution >= 4 is 41.5 Å². The molecule has 0 spiro atoms. The van der Waals surface area contributed by atoms with Crippen LogP contribution >= 0.6 is 35.6 Å². The molecule has 0 bridgehead atoms. The molecular formula is C20H25ClIN7O. The van der Waals surface area contributed by atoms with Gasteiger partial charge in [0.1, 0.15) is 5.82 Å². The lowest BCUT2D eigenvalue weighted by Gasteiger charge is -2.36. The van der Waals surface area contributed by atoms with Gasteiger partial charge in [0.2, 0.25) is 5.82 Å². The standard InChI is InChI=1S/C20H24ClN7O.HI/c1-22-20(23-13-18-24-19(26-25-18)17-3-2-12-29-17)28-10-8-27(9-11-28)14-15-4-6-16(21)7-5-15;/h2-7,12H,8-11,13-14H2,1H3,(H,22,23)(H,24,25,26);1H. The van der Waals surface area contributed by atoms with Crippen molar-refractivity contribution in [2.75, 3.05) is 33.2 Å². The lowest BCUT2D eigenvalue weighted by Crippen LogP contribution is -2.52. The minimum atomic E-state index is 0. The third kappa shape index (κ3) is 5.73. The van der Waals surface area contributed by atoms with Crippen molar-refractivity contribution in [3.05, 3.63) is 59.1 Å². The molecule has 1 fully saturated rings. The van der Waals surface area contributed by atoms with Crippen molar-refractivity contribution < 1.29 is 4.42 Å². The van der Waals surface area contributed by atoms with Gasteiger partial charge in [0.25, 0.3) is 0 Å². The molecule has 2 N–H and O–H groups in total. The fourth-order valence-corrected chi connectivity index (χ4v) is 3.48. The highest BCUT2D eigenvalue weighted by molar-refractivity contribution is 14.0. The Kier molecular flexibility index (Phi) is 8.11. The molecule has 0 unspecified atom stereocenters. The number of nitrogens with zero attached hydrogens (tertiary/aromatic N) is 5. The Morgan fingerprint density at radius 3 is 2.63 bits per heavy atom. The maximum Gasteiger partial charge on any atom is 0.216 e. The zero-order chi connectivity index (χ0) is 20.1. The van der Waals surface area contributed by atoms with Gasteiger partial charge in [-0.25, -0.2) is 4.98 Å². The van der Waals surface area contributed by atoms with E-state index >= 15 is 0 Å². The SMILES string of the molecule is CN=C(NCc1nc(-c2ccco2)n[nH]1)N1CCN(Cc2ccc(Cl)cc2)CC1.I. The molecule has 0 saturated carbocycles. The molecule has 4 rings (SSSR count). The number of furan rings is 1. The van der Waals surface area contributed by atoms with Crippen LogP contribution in [0.4, 0.5) is 0 Å². The maximum absolute atomic E-state index is 5.97. The second-order valence-corrected chi connectivity index (χ2v) is 7.31. The molecule has 10 heteroatoms. The number of H-pyrrole nitrogens is 1. The van der Waals surface area contributed by atoms with E-state index in [1.165, 1.54) is 5.56 Å². The van der Waals surface area contributed by atoms with Crippen LogP contribution in [0.2, 0.25) is 5.02 Å². The zero-order valence-corrected chi connectivity index (χ0v) is 19.8. The predicted octanol–water partition coefficient (Wildman–Crippen LogP) is 3.23. The van der Waals surface area contributed by atoms with Gasteiger partial charge in [-0.05, 0) is 29.8 Å². The van der Waals surface area contributed by atoms with Crippen molar-refractivity contribution in [3.63, 3.8) is 0 Å². The van der Waals surface area contributed by atoms with Gasteiger partial charge in [0.05, 0.1) is 12.8 Å². The molecule has 0 amide bonds. The van der Waals surface area contributed by atoms with Crippen molar-refractivity contribution in [1.29, 1.82) is 0 Å². The molecule has 1 aromatic carbocycles. The average Bonchev–Trinajstić information content (AvgIpc) is 3.43. The summed E-state index contributed by atoms with van der Waals surface area (Å²) in [5, 5.41) is 11.3. The summed E-state index contributed by atoms with van der Waals surface area (Å²) in [6.07, 6.45) is 1.61. The molecule has 3 aromatic rings. The summed E-state index contributed by atoms with van der Waals surface area (Å²) in [6.45, 7) is 5.25. The molecule has 2 aromatic heterocycles. The Morgan fingerprint density at radius 1 is 1.20 bits per heavy atom. The highest BCUT2D eigenvalue weighted by atomic mass is 127. The Labute approximate surface area is 197 Å². The number of aromatic nitrogens is 3. The lowest BCUT2D eigenvalue weighted by atomic mass is 10.2. The Balaban J connectivity index is 0.00000256. The highest BCUT2D eigenvalue weighted by Crippen LogP contribution is 2.15. The smallest absolute Gasteiger partial charge is 0.216 e. The van der Waals surface area contributed by atoms with E-state index in [-0.39, 0.29) is 24.0 Å². The molecule has 30 heavy (non-hydrogen) atoms. The first-order chi connectivity index (χ1) is 14.2. The number of aliphatic imine (C=N–C) groups is 1. The van der Waals surface area contributed by atoms with Crippen LogP contribution < -0.4 is 5.32 Å². The molecule has 0 radical (unpaired) electrons. The average molecular weight is 542 g/mol. The first-order valence-corrected chi connectivity index (χ1v) is 9.96. The molecule has 1 aliphatic heterocycles. The molecular weight excluding hydrogens is 517 g/mol. The molecule has 160 valence electrons. The summed E-state index contributed by atoms with van der Waals surface area (Å²) in [5.41, 5.74) is 1.28. The van der Waals surface area contributed by atoms with Crippen molar-refractivity contribution in [3.8, 4) is 11.6 Å². The van der Waals surface area contributed by atoms with Crippen LogP contribution in [0.15, 0.2) is 52.1 Å². The maximum atomic E-state index is 5.97. The number of hydrogen-bond acceptors (Lipinski definition) is 5. The Hall–Kier alpha value is -2.11. The number of aromatic amines is 1. The molecule has 8 nitrogen and oxygen atoms in total. The third-order valence-corrected chi connectivity index (χ3v) is 5.14.